The van der Waals surface area contributed by atoms with Crippen LogP contribution in [0.4, 0.5) is 0 Å². The van der Waals surface area contributed by atoms with Crippen LogP contribution in [-0.4, -0.2) is 71.8 Å². The number of carbonyl (C=O) groups is 1. The molecular formula is C15H28N2O3. The van der Waals surface area contributed by atoms with Crippen LogP contribution in [0.2, 0.25) is 0 Å². The van der Waals surface area contributed by atoms with Crippen LogP contribution in [0.5, 0.6) is 0 Å². The van der Waals surface area contributed by atoms with E-state index < -0.39 is 5.60 Å². The summed E-state index contributed by atoms with van der Waals surface area (Å²) in [4.78, 5) is 16.3. The molecule has 0 atom stereocenters. The summed E-state index contributed by atoms with van der Waals surface area (Å²) in [7, 11) is 1.80. The van der Waals surface area contributed by atoms with E-state index in [4.69, 9.17) is 4.74 Å². The summed E-state index contributed by atoms with van der Waals surface area (Å²) >= 11 is 0. The summed E-state index contributed by atoms with van der Waals surface area (Å²) in [6.45, 7) is 8.23. The fourth-order valence-electron chi connectivity index (χ4n) is 3.23. The first-order valence-electron chi connectivity index (χ1n) is 7.67. The second-order valence-corrected chi connectivity index (χ2v) is 6.85. The van der Waals surface area contributed by atoms with Gasteiger partial charge in [-0.05, 0) is 39.5 Å². The minimum absolute atomic E-state index is 0.107. The Bertz CT molecular complexity index is 351. The molecule has 1 aliphatic carbocycles. The Labute approximate surface area is 121 Å². The predicted octanol–water partition coefficient (Wildman–Crippen LogP) is 0.861. The average molecular weight is 284 g/mol. The van der Waals surface area contributed by atoms with Gasteiger partial charge in [0.2, 0.25) is 0 Å². The standard InChI is InChI=1S/C15H28N2O3/c1-14(2)12-17(10-11-20-14)9-8-16(3)13(18)15(19)6-4-5-7-15/h19H,4-12H2,1-3H3. The number of hydrogen-bond acceptors (Lipinski definition) is 4. The Balaban J connectivity index is 1.80. The topological polar surface area (TPSA) is 53.0 Å². The quantitative estimate of drug-likeness (QED) is 0.832. The molecule has 2 aliphatic rings. The Morgan fingerprint density at radius 1 is 1.35 bits per heavy atom. The molecule has 2 rings (SSSR count). The van der Waals surface area contributed by atoms with Gasteiger partial charge < -0.3 is 14.7 Å². The van der Waals surface area contributed by atoms with Crippen molar-refractivity contribution in [2.24, 2.45) is 0 Å². The van der Waals surface area contributed by atoms with Gasteiger partial charge in [-0.1, -0.05) is 0 Å². The maximum atomic E-state index is 12.3. The molecule has 1 heterocycles. The third kappa shape index (κ3) is 3.71. The van der Waals surface area contributed by atoms with Crippen LogP contribution < -0.4 is 0 Å². The largest absolute Gasteiger partial charge is 0.380 e. The number of nitrogens with zero attached hydrogens (tertiary/aromatic N) is 2. The van der Waals surface area contributed by atoms with E-state index in [1.807, 2.05) is 0 Å². The van der Waals surface area contributed by atoms with Crippen LogP contribution in [0.15, 0.2) is 0 Å². The van der Waals surface area contributed by atoms with Gasteiger partial charge >= 0.3 is 0 Å². The fraction of sp³-hybridized carbons (Fsp3) is 0.933. The Morgan fingerprint density at radius 3 is 2.60 bits per heavy atom. The summed E-state index contributed by atoms with van der Waals surface area (Å²) in [5.41, 5.74) is -1.20. The molecule has 1 amide bonds. The first-order chi connectivity index (χ1) is 9.32. The first-order valence-corrected chi connectivity index (χ1v) is 7.67. The molecule has 0 aromatic heterocycles. The highest BCUT2D eigenvalue weighted by Crippen LogP contribution is 2.30. The van der Waals surface area contributed by atoms with Gasteiger partial charge in [0, 0.05) is 33.2 Å². The monoisotopic (exact) mass is 284 g/mol. The minimum Gasteiger partial charge on any atom is -0.380 e. The highest BCUT2D eigenvalue weighted by molar-refractivity contribution is 5.85. The van der Waals surface area contributed by atoms with E-state index >= 15 is 0 Å². The highest BCUT2D eigenvalue weighted by Gasteiger charge is 2.40. The molecule has 1 saturated carbocycles. The molecule has 0 bridgehead atoms. The van der Waals surface area contributed by atoms with Gasteiger partial charge in [0.15, 0.2) is 0 Å². The van der Waals surface area contributed by atoms with E-state index in [1.165, 1.54) is 0 Å². The molecule has 0 unspecified atom stereocenters. The van der Waals surface area contributed by atoms with E-state index in [1.54, 1.807) is 11.9 Å². The van der Waals surface area contributed by atoms with Crippen LogP contribution >= 0.6 is 0 Å². The van der Waals surface area contributed by atoms with Crippen molar-refractivity contribution < 1.29 is 14.6 Å². The maximum Gasteiger partial charge on any atom is 0.254 e. The predicted molar refractivity (Wildman–Crippen MR) is 77.5 cm³/mol. The second kappa shape index (κ2) is 6.00. The van der Waals surface area contributed by atoms with Crippen molar-refractivity contribution in [2.45, 2.75) is 50.7 Å². The van der Waals surface area contributed by atoms with Gasteiger partial charge in [-0.3, -0.25) is 9.69 Å². The molecule has 5 heteroatoms. The number of aliphatic hydroxyl groups is 1. The summed E-state index contributed by atoms with van der Waals surface area (Å²) in [6, 6.07) is 0. The fourth-order valence-corrected chi connectivity index (χ4v) is 3.23. The van der Waals surface area contributed by atoms with Crippen molar-refractivity contribution in [3.63, 3.8) is 0 Å². The van der Waals surface area contributed by atoms with Gasteiger partial charge in [-0.15, -0.1) is 0 Å². The number of amides is 1. The van der Waals surface area contributed by atoms with E-state index in [2.05, 4.69) is 18.7 Å². The van der Waals surface area contributed by atoms with Crippen molar-refractivity contribution in [3.05, 3.63) is 0 Å². The van der Waals surface area contributed by atoms with E-state index in [-0.39, 0.29) is 11.5 Å². The van der Waals surface area contributed by atoms with Crippen molar-refractivity contribution in [1.82, 2.24) is 9.80 Å². The number of likely N-dealkylation sites (N-methyl/N-ethyl adjacent to an activating group) is 1. The summed E-state index contributed by atoms with van der Waals surface area (Å²) in [5.74, 6) is -0.109. The molecule has 1 saturated heterocycles. The molecule has 0 radical (unpaired) electrons. The molecule has 0 aromatic rings. The lowest BCUT2D eigenvalue weighted by Gasteiger charge is -2.39. The van der Waals surface area contributed by atoms with E-state index in [0.717, 1.165) is 39.1 Å². The molecule has 5 nitrogen and oxygen atoms in total. The molecule has 20 heavy (non-hydrogen) atoms. The number of carbonyl (C=O) groups excluding carboxylic acids is 1. The van der Waals surface area contributed by atoms with Crippen LogP contribution in [0.25, 0.3) is 0 Å². The Kier molecular flexibility index (Phi) is 4.72. The zero-order valence-electron chi connectivity index (χ0n) is 13.0. The summed E-state index contributed by atoms with van der Waals surface area (Å²) < 4.78 is 5.68. The number of ether oxygens (including phenoxy) is 1. The molecule has 2 fully saturated rings. The normalized spacial score (nSPS) is 25.6. The van der Waals surface area contributed by atoms with Gasteiger partial charge in [0.1, 0.15) is 5.60 Å². The van der Waals surface area contributed by atoms with Crippen molar-refractivity contribution in [1.29, 1.82) is 0 Å². The molecule has 116 valence electrons. The molecule has 0 aromatic carbocycles. The SMILES string of the molecule is CN(CCN1CCOC(C)(C)C1)C(=O)C1(O)CCCC1. The van der Waals surface area contributed by atoms with Crippen LogP contribution in [-0.2, 0) is 9.53 Å². The smallest absolute Gasteiger partial charge is 0.254 e. The van der Waals surface area contributed by atoms with Gasteiger partial charge in [0.05, 0.1) is 12.2 Å². The molecule has 1 aliphatic heterocycles. The Hall–Kier alpha value is -0.650. The minimum atomic E-state index is -1.10. The van der Waals surface area contributed by atoms with Gasteiger partial charge in [-0.2, -0.15) is 0 Å². The third-order valence-electron chi connectivity index (χ3n) is 4.43. The third-order valence-corrected chi connectivity index (χ3v) is 4.43. The van der Waals surface area contributed by atoms with Gasteiger partial charge in [-0.25, -0.2) is 0 Å². The Morgan fingerprint density at radius 2 is 2.00 bits per heavy atom. The summed E-state index contributed by atoms with van der Waals surface area (Å²) in [6.07, 6.45) is 3.13. The number of hydrogen-bond donors (Lipinski definition) is 1. The lowest BCUT2D eigenvalue weighted by atomic mass is 10.0. The maximum absolute atomic E-state index is 12.3. The zero-order valence-corrected chi connectivity index (χ0v) is 13.0. The van der Waals surface area contributed by atoms with Crippen LogP contribution in [0, 0.1) is 0 Å². The zero-order chi connectivity index (χ0) is 14.8. The summed E-state index contributed by atoms with van der Waals surface area (Å²) in [5, 5.41) is 10.3. The van der Waals surface area contributed by atoms with E-state index in [0.29, 0.717) is 19.4 Å². The van der Waals surface area contributed by atoms with Crippen LogP contribution in [0.3, 0.4) is 0 Å². The molecular weight excluding hydrogens is 256 g/mol. The van der Waals surface area contributed by atoms with Crippen LogP contribution in [0.1, 0.15) is 39.5 Å². The first kappa shape index (κ1) is 15.7. The van der Waals surface area contributed by atoms with Gasteiger partial charge in [0.25, 0.3) is 5.91 Å². The molecule has 0 spiro atoms. The average Bonchev–Trinajstić information content (AvgIpc) is 2.82. The lowest BCUT2D eigenvalue weighted by molar-refractivity contribution is -0.149. The van der Waals surface area contributed by atoms with Crippen molar-refractivity contribution in [3.8, 4) is 0 Å². The van der Waals surface area contributed by atoms with Crippen molar-refractivity contribution in [2.75, 3.05) is 39.8 Å². The number of morpholine rings is 1. The number of rotatable bonds is 4. The van der Waals surface area contributed by atoms with Crippen molar-refractivity contribution >= 4 is 5.91 Å². The van der Waals surface area contributed by atoms with E-state index in [9.17, 15) is 9.90 Å². The highest BCUT2D eigenvalue weighted by atomic mass is 16.5. The second-order valence-electron chi connectivity index (χ2n) is 6.85. The molecule has 1 N–H and O–H groups in total. The lowest BCUT2D eigenvalue weighted by Crippen LogP contribution is -2.52.